The molecule has 0 aromatic carbocycles. The molecule has 0 spiro atoms. The highest BCUT2D eigenvalue weighted by atomic mass is 79.9. The summed E-state index contributed by atoms with van der Waals surface area (Å²) in [7, 11) is 0. The molecule has 0 radical (unpaired) electrons. The summed E-state index contributed by atoms with van der Waals surface area (Å²) in [5, 5.41) is 8.68. The first-order valence-electron chi connectivity index (χ1n) is 4.12. The summed E-state index contributed by atoms with van der Waals surface area (Å²) in [6.45, 7) is 2.05. The van der Waals surface area contributed by atoms with E-state index in [9.17, 15) is 0 Å². The molecule has 1 atom stereocenters. The second-order valence-electron chi connectivity index (χ2n) is 2.73. The summed E-state index contributed by atoms with van der Waals surface area (Å²) in [5.41, 5.74) is 0. The maximum absolute atomic E-state index is 8.68. The molecule has 3 nitrogen and oxygen atoms in total. The number of rotatable bonds is 4. The van der Waals surface area contributed by atoms with Crippen LogP contribution in [0.25, 0.3) is 0 Å². The van der Waals surface area contributed by atoms with Gasteiger partial charge in [0.05, 0.1) is 6.10 Å². The quantitative estimate of drug-likeness (QED) is 0.826. The van der Waals surface area contributed by atoms with Gasteiger partial charge in [0.2, 0.25) is 0 Å². The minimum Gasteiger partial charge on any atom is -0.488 e. The molecule has 4 heteroatoms. The fourth-order valence-corrected chi connectivity index (χ4v) is 1.26. The van der Waals surface area contributed by atoms with E-state index in [4.69, 9.17) is 9.84 Å². The van der Waals surface area contributed by atoms with Gasteiger partial charge in [0, 0.05) is 19.2 Å². The third-order valence-corrected chi connectivity index (χ3v) is 2.18. The number of aliphatic hydroxyl groups excluding tert-OH is 1. The molecule has 0 aliphatic rings. The Morgan fingerprint density at radius 2 is 2.46 bits per heavy atom. The largest absolute Gasteiger partial charge is 0.488 e. The smallest absolute Gasteiger partial charge is 0.152 e. The highest BCUT2D eigenvalue weighted by Gasteiger charge is 2.06. The van der Waals surface area contributed by atoms with Crippen LogP contribution in [0.15, 0.2) is 22.9 Å². The Bertz CT molecular complexity index is 268. The third kappa shape index (κ3) is 3.32. The molecule has 1 N–H and O–H groups in total. The van der Waals surface area contributed by atoms with Crippen molar-refractivity contribution in [2.45, 2.75) is 19.4 Å². The maximum Gasteiger partial charge on any atom is 0.152 e. The van der Waals surface area contributed by atoms with Crippen LogP contribution in [0, 0.1) is 0 Å². The van der Waals surface area contributed by atoms with Crippen molar-refractivity contribution in [1.82, 2.24) is 4.98 Å². The van der Waals surface area contributed by atoms with Crippen molar-refractivity contribution in [3.8, 4) is 5.75 Å². The van der Waals surface area contributed by atoms with Gasteiger partial charge in [-0.25, -0.2) is 4.98 Å². The van der Waals surface area contributed by atoms with Crippen LogP contribution in [0.3, 0.4) is 0 Å². The molecule has 1 heterocycles. The molecule has 0 aliphatic carbocycles. The van der Waals surface area contributed by atoms with Crippen LogP contribution in [0.2, 0.25) is 0 Å². The van der Waals surface area contributed by atoms with Crippen LogP contribution in [-0.4, -0.2) is 22.8 Å². The van der Waals surface area contributed by atoms with Gasteiger partial charge in [0.15, 0.2) is 5.75 Å². The van der Waals surface area contributed by atoms with E-state index < -0.39 is 0 Å². The van der Waals surface area contributed by atoms with Crippen molar-refractivity contribution in [2.75, 3.05) is 6.61 Å². The van der Waals surface area contributed by atoms with E-state index in [0.717, 1.165) is 0 Å². The number of pyridine rings is 1. The molecule has 72 valence electrons. The zero-order chi connectivity index (χ0) is 9.68. The Morgan fingerprint density at radius 1 is 1.69 bits per heavy atom. The zero-order valence-corrected chi connectivity index (χ0v) is 8.99. The summed E-state index contributed by atoms with van der Waals surface area (Å²) >= 11 is 3.28. The highest BCUT2D eigenvalue weighted by molar-refractivity contribution is 9.10. The number of aliphatic hydroxyl groups is 1. The van der Waals surface area contributed by atoms with E-state index in [1.807, 2.05) is 19.1 Å². The minimum absolute atomic E-state index is 0.00509. The molecule has 1 aromatic rings. The first kappa shape index (κ1) is 10.5. The fourth-order valence-electron chi connectivity index (χ4n) is 0.917. The molecule has 1 aromatic heterocycles. The minimum atomic E-state index is 0.00509. The fraction of sp³-hybridized carbons (Fsp3) is 0.444. The number of aromatic nitrogens is 1. The van der Waals surface area contributed by atoms with E-state index in [0.29, 0.717) is 16.8 Å². The van der Waals surface area contributed by atoms with Gasteiger partial charge in [-0.05, 0) is 35.0 Å². The lowest BCUT2D eigenvalue weighted by atomic mass is 10.3. The highest BCUT2D eigenvalue weighted by Crippen LogP contribution is 2.22. The predicted molar refractivity (Wildman–Crippen MR) is 53.7 cm³/mol. The number of halogens is 1. The van der Waals surface area contributed by atoms with Crippen LogP contribution >= 0.6 is 15.9 Å². The molecule has 0 saturated heterocycles. The maximum atomic E-state index is 8.68. The standard InChI is InChI=1S/C9H12BrNO2/c1-7(4-6-12)13-8-3-2-5-11-9(8)10/h2-3,5,7,12H,4,6H2,1H3/t7-/m1/s1. The van der Waals surface area contributed by atoms with Crippen molar-refractivity contribution in [1.29, 1.82) is 0 Å². The second kappa shape index (κ2) is 5.19. The lowest BCUT2D eigenvalue weighted by Gasteiger charge is -2.13. The molecular weight excluding hydrogens is 234 g/mol. The molecule has 13 heavy (non-hydrogen) atoms. The summed E-state index contributed by atoms with van der Waals surface area (Å²) in [6.07, 6.45) is 2.32. The average Bonchev–Trinajstić information content (AvgIpc) is 2.09. The zero-order valence-electron chi connectivity index (χ0n) is 7.40. The van der Waals surface area contributed by atoms with Gasteiger partial charge < -0.3 is 9.84 Å². The predicted octanol–water partition coefficient (Wildman–Crippen LogP) is 1.99. The summed E-state index contributed by atoms with van der Waals surface area (Å²) in [6, 6.07) is 3.65. The number of hydrogen-bond donors (Lipinski definition) is 1. The van der Waals surface area contributed by atoms with E-state index in [-0.39, 0.29) is 12.7 Å². The molecule has 1 rings (SSSR count). The molecule has 0 fully saturated rings. The van der Waals surface area contributed by atoms with Crippen molar-refractivity contribution >= 4 is 15.9 Å². The van der Waals surface area contributed by atoms with Crippen LogP contribution < -0.4 is 4.74 Å². The van der Waals surface area contributed by atoms with Crippen LogP contribution in [-0.2, 0) is 0 Å². The average molecular weight is 246 g/mol. The van der Waals surface area contributed by atoms with Gasteiger partial charge in [-0.2, -0.15) is 0 Å². The monoisotopic (exact) mass is 245 g/mol. The molecule has 0 amide bonds. The molecule has 0 unspecified atom stereocenters. The first-order valence-corrected chi connectivity index (χ1v) is 4.91. The number of ether oxygens (including phenoxy) is 1. The van der Waals surface area contributed by atoms with Gasteiger partial charge in [0.1, 0.15) is 4.60 Å². The normalized spacial score (nSPS) is 12.5. The number of nitrogens with zero attached hydrogens (tertiary/aromatic N) is 1. The summed E-state index contributed by atoms with van der Waals surface area (Å²) in [4.78, 5) is 4.02. The lowest BCUT2D eigenvalue weighted by molar-refractivity contribution is 0.167. The van der Waals surface area contributed by atoms with E-state index in [2.05, 4.69) is 20.9 Å². The third-order valence-electron chi connectivity index (χ3n) is 1.59. The second-order valence-corrected chi connectivity index (χ2v) is 3.48. The lowest BCUT2D eigenvalue weighted by Crippen LogP contribution is -2.13. The Kier molecular flexibility index (Phi) is 4.18. The number of hydrogen-bond acceptors (Lipinski definition) is 3. The van der Waals surface area contributed by atoms with E-state index in [1.54, 1.807) is 6.20 Å². The Balaban J connectivity index is 2.58. The SMILES string of the molecule is C[C@H](CCO)Oc1cccnc1Br. The van der Waals surface area contributed by atoms with Crippen LogP contribution in [0.1, 0.15) is 13.3 Å². The van der Waals surface area contributed by atoms with Crippen molar-refractivity contribution < 1.29 is 9.84 Å². The Hall–Kier alpha value is -0.610. The van der Waals surface area contributed by atoms with Gasteiger partial charge in [-0.1, -0.05) is 0 Å². The van der Waals surface area contributed by atoms with Gasteiger partial charge >= 0.3 is 0 Å². The molecular formula is C9H12BrNO2. The van der Waals surface area contributed by atoms with E-state index >= 15 is 0 Å². The van der Waals surface area contributed by atoms with Crippen molar-refractivity contribution in [3.05, 3.63) is 22.9 Å². The Labute approximate surface area is 85.9 Å². The molecule has 0 bridgehead atoms. The molecule has 0 saturated carbocycles. The van der Waals surface area contributed by atoms with Crippen LogP contribution in [0.4, 0.5) is 0 Å². The van der Waals surface area contributed by atoms with Crippen molar-refractivity contribution in [3.63, 3.8) is 0 Å². The first-order chi connectivity index (χ1) is 6.24. The Morgan fingerprint density at radius 3 is 3.08 bits per heavy atom. The van der Waals surface area contributed by atoms with Crippen molar-refractivity contribution in [2.24, 2.45) is 0 Å². The van der Waals surface area contributed by atoms with Crippen LogP contribution in [0.5, 0.6) is 5.75 Å². The van der Waals surface area contributed by atoms with Gasteiger partial charge in [-0.3, -0.25) is 0 Å². The van der Waals surface area contributed by atoms with Gasteiger partial charge in [0.25, 0.3) is 0 Å². The topological polar surface area (TPSA) is 42.4 Å². The molecule has 0 aliphatic heterocycles. The summed E-state index contributed by atoms with van der Waals surface area (Å²) < 4.78 is 6.21. The van der Waals surface area contributed by atoms with Gasteiger partial charge in [-0.15, -0.1) is 0 Å². The van der Waals surface area contributed by atoms with E-state index in [1.165, 1.54) is 0 Å². The summed E-state index contributed by atoms with van der Waals surface area (Å²) in [5.74, 6) is 0.712.